The van der Waals surface area contributed by atoms with Crippen molar-refractivity contribution in [1.29, 1.82) is 0 Å². The van der Waals surface area contributed by atoms with E-state index in [2.05, 4.69) is 29.0 Å². The van der Waals surface area contributed by atoms with Crippen LogP contribution in [0.5, 0.6) is 0 Å². The van der Waals surface area contributed by atoms with Gasteiger partial charge < -0.3 is 15.3 Å². The van der Waals surface area contributed by atoms with E-state index in [0.29, 0.717) is 18.5 Å². The number of likely N-dealkylation sites (tertiary alicyclic amines) is 1. The summed E-state index contributed by atoms with van der Waals surface area (Å²) in [6.07, 6.45) is 1.24. The van der Waals surface area contributed by atoms with Crippen LogP contribution in [0.2, 0.25) is 0 Å². The van der Waals surface area contributed by atoms with Gasteiger partial charge in [-0.1, -0.05) is 0 Å². The fourth-order valence-corrected chi connectivity index (χ4v) is 3.04. The molecule has 0 radical (unpaired) electrons. The Morgan fingerprint density at radius 1 is 1.68 bits per heavy atom. The largest absolute Gasteiger partial charge is 0.476 e. The molecule has 1 aromatic heterocycles. The average Bonchev–Trinajstić information content (AvgIpc) is 2.97. The molecule has 2 rings (SSSR count). The minimum atomic E-state index is -0.945. The number of rotatable bonds is 6. The first-order chi connectivity index (χ1) is 9.06. The molecule has 5 nitrogen and oxygen atoms in total. The normalized spacial score (nSPS) is 20.3. The zero-order chi connectivity index (χ0) is 13.8. The molecule has 1 fully saturated rings. The van der Waals surface area contributed by atoms with Crippen LogP contribution in [0.15, 0.2) is 5.38 Å². The Bertz CT molecular complexity index is 433. The lowest BCUT2D eigenvalue weighted by atomic mass is 10.1. The van der Waals surface area contributed by atoms with Crippen molar-refractivity contribution in [2.75, 3.05) is 19.6 Å². The molecule has 1 aromatic rings. The summed E-state index contributed by atoms with van der Waals surface area (Å²) in [4.78, 5) is 17.3. The zero-order valence-electron chi connectivity index (χ0n) is 11.4. The Morgan fingerprint density at radius 2 is 2.47 bits per heavy atom. The van der Waals surface area contributed by atoms with Gasteiger partial charge in [0.05, 0.1) is 5.69 Å². The Labute approximate surface area is 117 Å². The van der Waals surface area contributed by atoms with E-state index in [4.69, 9.17) is 5.11 Å². The van der Waals surface area contributed by atoms with E-state index >= 15 is 0 Å². The highest BCUT2D eigenvalue weighted by Gasteiger charge is 2.23. The van der Waals surface area contributed by atoms with Crippen LogP contribution in [0.3, 0.4) is 0 Å². The molecule has 1 atom stereocenters. The quantitative estimate of drug-likeness (QED) is 0.831. The third-order valence-electron chi connectivity index (χ3n) is 3.52. The molecule has 2 N–H and O–H groups in total. The number of carboxylic acid groups (broad SMARTS) is 1. The molecule has 1 aliphatic rings. The minimum absolute atomic E-state index is 0.170. The van der Waals surface area contributed by atoms with Gasteiger partial charge in [0.25, 0.3) is 0 Å². The van der Waals surface area contributed by atoms with Crippen LogP contribution in [-0.4, -0.2) is 46.6 Å². The highest BCUT2D eigenvalue weighted by atomic mass is 32.1. The third-order valence-corrected chi connectivity index (χ3v) is 4.40. The minimum Gasteiger partial charge on any atom is -0.476 e. The summed E-state index contributed by atoms with van der Waals surface area (Å²) < 4.78 is 0. The molecule has 0 spiro atoms. The Kier molecular flexibility index (Phi) is 4.90. The summed E-state index contributed by atoms with van der Waals surface area (Å²) in [6.45, 7) is 8.44. The average molecular weight is 283 g/mol. The summed E-state index contributed by atoms with van der Waals surface area (Å²) in [5, 5.41) is 14.2. The fraction of sp³-hybridized carbons (Fsp3) is 0.692. The second-order valence-corrected chi connectivity index (χ2v) is 6.18. The molecular formula is C13H21N3O2S. The van der Waals surface area contributed by atoms with Crippen molar-refractivity contribution in [3.63, 3.8) is 0 Å². The standard InChI is InChI=1S/C13H21N3O2S/c1-9(2)16-4-3-10(7-16)5-14-6-11-8-19-12(15-11)13(17)18/h8-10,14H,3-7H2,1-2H3,(H,17,18). The topological polar surface area (TPSA) is 65.5 Å². The molecule has 0 bridgehead atoms. The Morgan fingerprint density at radius 3 is 3.05 bits per heavy atom. The van der Waals surface area contributed by atoms with Gasteiger partial charge in [-0.15, -0.1) is 11.3 Å². The first-order valence-corrected chi connectivity index (χ1v) is 7.56. The van der Waals surface area contributed by atoms with Gasteiger partial charge >= 0.3 is 5.97 Å². The molecule has 0 aliphatic carbocycles. The number of aromatic carboxylic acids is 1. The van der Waals surface area contributed by atoms with E-state index in [1.165, 1.54) is 24.3 Å². The van der Waals surface area contributed by atoms with Crippen LogP contribution in [0.25, 0.3) is 0 Å². The highest BCUT2D eigenvalue weighted by molar-refractivity contribution is 7.11. The molecule has 1 unspecified atom stereocenters. The molecule has 106 valence electrons. The molecule has 2 heterocycles. The Hall–Kier alpha value is -0.980. The summed E-state index contributed by atoms with van der Waals surface area (Å²) in [5.74, 6) is -0.250. The number of hydrogen-bond donors (Lipinski definition) is 2. The Balaban J connectivity index is 1.70. The van der Waals surface area contributed by atoms with Gasteiger partial charge in [0.1, 0.15) is 0 Å². The maximum Gasteiger partial charge on any atom is 0.365 e. The van der Waals surface area contributed by atoms with Gasteiger partial charge in [-0.3, -0.25) is 0 Å². The van der Waals surface area contributed by atoms with Gasteiger partial charge in [0.15, 0.2) is 0 Å². The number of carbonyl (C=O) groups is 1. The van der Waals surface area contributed by atoms with Crippen LogP contribution in [0.1, 0.15) is 35.8 Å². The third kappa shape index (κ3) is 3.99. The monoisotopic (exact) mass is 283 g/mol. The highest BCUT2D eigenvalue weighted by Crippen LogP contribution is 2.17. The molecule has 19 heavy (non-hydrogen) atoms. The number of thiazole rings is 1. The number of hydrogen-bond acceptors (Lipinski definition) is 5. The predicted molar refractivity (Wildman–Crippen MR) is 75.6 cm³/mol. The van der Waals surface area contributed by atoms with Gasteiger partial charge in [-0.2, -0.15) is 0 Å². The van der Waals surface area contributed by atoms with E-state index in [1.54, 1.807) is 0 Å². The summed E-state index contributed by atoms with van der Waals surface area (Å²) in [7, 11) is 0. The molecule has 1 saturated heterocycles. The summed E-state index contributed by atoms with van der Waals surface area (Å²) in [6, 6.07) is 0.627. The molecule has 0 saturated carbocycles. The molecule has 0 amide bonds. The second-order valence-electron chi connectivity index (χ2n) is 5.32. The van der Waals surface area contributed by atoms with Crippen molar-refractivity contribution in [2.45, 2.75) is 32.9 Å². The smallest absolute Gasteiger partial charge is 0.365 e. The number of nitrogens with one attached hydrogen (secondary N) is 1. The van der Waals surface area contributed by atoms with Crippen LogP contribution < -0.4 is 5.32 Å². The lowest BCUT2D eigenvalue weighted by Gasteiger charge is -2.20. The molecule has 1 aliphatic heterocycles. The molecular weight excluding hydrogens is 262 g/mol. The lowest BCUT2D eigenvalue weighted by Crippen LogP contribution is -2.30. The van der Waals surface area contributed by atoms with Crippen LogP contribution in [-0.2, 0) is 6.54 Å². The van der Waals surface area contributed by atoms with E-state index in [-0.39, 0.29) is 5.01 Å². The van der Waals surface area contributed by atoms with Crippen molar-refractivity contribution in [2.24, 2.45) is 5.92 Å². The number of carboxylic acids is 1. The predicted octanol–water partition coefficient (Wildman–Crippen LogP) is 1.66. The zero-order valence-corrected chi connectivity index (χ0v) is 12.2. The van der Waals surface area contributed by atoms with E-state index in [1.807, 2.05) is 5.38 Å². The van der Waals surface area contributed by atoms with Crippen molar-refractivity contribution in [3.05, 3.63) is 16.1 Å². The van der Waals surface area contributed by atoms with Crippen LogP contribution in [0, 0.1) is 5.92 Å². The van der Waals surface area contributed by atoms with Crippen molar-refractivity contribution < 1.29 is 9.90 Å². The number of nitrogens with zero attached hydrogens (tertiary/aromatic N) is 2. The van der Waals surface area contributed by atoms with Crippen molar-refractivity contribution >= 4 is 17.3 Å². The second kappa shape index (κ2) is 6.45. The van der Waals surface area contributed by atoms with E-state index in [0.717, 1.165) is 18.8 Å². The van der Waals surface area contributed by atoms with Gasteiger partial charge in [-0.05, 0) is 39.3 Å². The van der Waals surface area contributed by atoms with Crippen molar-refractivity contribution in [3.8, 4) is 0 Å². The summed E-state index contributed by atoms with van der Waals surface area (Å²) >= 11 is 1.19. The fourth-order valence-electron chi connectivity index (χ4n) is 2.39. The summed E-state index contributed by atoms with van der Waals surface area (Å²) in [5.41, 5.74) is 0.820. The lowest BCUT2D eigenvalue weighted by molar-refractivity contribution is 0.0696. The SMILES string of the molecule is CC(C)N1CCC(CNCc2csc(C(=O)O)n2)C1. The molecule has 0 aromatic carbocycles. The van der Waals surface area contributed by atoms with E-state index in [9.17, 15) is 4.79 Å². The maximum atomic E-state index is 10.7. The van der Waals surface area contributed by atoms with Crippen LogP contribution in [0.4, 0.5) is 0 Å². The van der Waals surface area contributed by atoms with Gasteiger partial charge in [-0.25, -0.2) is 9.78 Å². The first-order valence-electron chi connectivity index (χ1n) is 6.68. The maximum absolute atomic E-state index is 10.7. The van der Waals surface area contributed by atoms with Gasteiger partial charge in [0.2, 0.25) is 5.01 Å². The van der Waals surface area contributed by atoms with Crippen LogP contribution >= 0.6 is 11.3 Å². The molecule has 6 heteroatoms. The van der Waals surface area contributed by atoms with Gasteiger partial charge in [0, 0.05) is 24.5 Å². The van der Waals surface area contributed by atoms with E-state index < -0.39 is 5.97 Å². The first kappa shape index (κ1) is 14.4. The number of aromatic nitrogens is 1. The van der Waals surface area contributed by atoms with Crippen molar-refractivity contribution in [1.82, 2.24) is 15.2 Å².